The molecule has 0 amide bonds. The van der Waals surface area contributed by atoms with Crippen LogP contribution in [0.15, 0.2) is 0 Å². The van der Waals surface area contributed by atoms with Crippen LogP contribution < -0.4 is 0 Å². The van der Waals surface area contributed by atoms with Crippen molar-refractivity contribution in [2.24, 2.45) is 0 Å². The van der Waals surface area contributed by atoms with Crippen LogP contribution in [0.5, 0.6) is 0 Å². The summed E-state index contributed by atoms with van der Waals surface area (Å²) in [5.74, 6) is 0.746. The number of Topliss-reactive ketones (excluding diaryl/α,β-unsaturated/α-hetero) is 1. The highest BCUT2D eigenvalue weighted by atomic mass is 32.1. The molecule has 0 bridgehead atoms. The summed E-state index contributed by atoms with van der Waals surface area (Å²) in [5.41, 5.74) is 0. The Balaban J connectivity index is 2.97. The molecule has 0 fully saturated rings. The lowest BCUT2D eigenvalue weighted by Crippen LogP contribution is -2.02. The molecule has 0 aliphatic carbocycles. The SMILES string of the molecule is O=C(CO)CCCCS. The number of carbonyl (C=O) groups excluding carboxylic acids is 1. The largest absolute Gasteiger partial charge is 0.389 e. The molecule has 1 N–H and O–H groups in total. The van der Waals surface area contributed by atoms with E-state index in [1.54, 1.807) is 0 Å². The smallest absolute Gasteiger partial charge is 0.158 e. The molecule has 54 valence electrons. The maximum atomic E-state index is 10.4. The van der Waals surface area contributed by atoms with Crippen molar-refractivity contribution in [1.82, 2.24) is 0 Å². The zero-order valence-electron chi connectivity index (χ0n) is 5.34. The van der Waals surface area contributed by atoms with Crippen LogP contribution in [0.1, 0.15) is 19.3 Å². The van der Waals surface area contributed by atoms with E-state index in [4.69, 9.17) is 5.11 Å². The van der Waals surface area contributed by atoms with Gasteiger partial charge < -0.3 is 5.11 Å². The van der Waals surface area contributed by atoms with Crippen LogP contribution in [0, 0.1) is 0 Å². The Morgan fingerprint density at radius 1 is 1.44 bits per heavy atom. The number of thiol groups is 1. The van der Waals surface area contributed by atoms with Gasteiger partial charge in [-0.15, -0.1) is 0 Å². The molecule has 0 saturated heterocycles. The van der Waals surface area contributed by atoms with Gasteiger partial charge in [-0.25, -0.2) is 0 Å². The molecular weight excluding hydrogens is 136 g/mol. The third kappa shape index (κ3) is 5.86. The lowest BCUT2D eigenvalue weighted by Gasteiger charge is -1.93. The van der Waals surface area contributed by atoms with Crippen molar-refractivity contribution in [3.8, 4) is 0 Å². The molecule has 9 heavy (non-hydrogen) atoms. The van der Waals surface area contributed by atoms with E-state index in [0.29, 0.717) is 6.42 Å². The molecule has 3 heteroatoms. The maximum Gasteiger partial charge on any atom is 0.158 e. The van der Waals surface area contributed by atoms with Crippen LogP contribution >= 0.6 is 12.6 Å². The van der Waals surface area contributed by atoms with Crippen molar-refractivity contribution in [3.05, 3.63) is 0 Å². The number of ketones is 1. The van der Waals surface area contributed by atoms with E-state index >= 15 is 0 Å². The van der Waals surface area contributed by atoms with Crippen molar-refractivity contribution < 1.29 is 9.90 Å². The summed E-state index contributed by atoms with van der Waals surface area (Å²) in [5, 5.41) is 8.27. The monoisotopic (exact) mass is 148 g/mol. The van der Waals surface area contributed by atoms with Gasteiger partial charge in [0.2, 0.25) is 0 Å². The van der Waals surface area contributed by atoms with Gasteiger partial charge in [-0.05, 0) is 18.6 Å². The molecular formula is C6H12O2S. The molecule has 0 rings (SSSR count). The second kappa shape index (κ2) is 6.11. The third-order valence-corrected chi connectivity index (χ3v) is 1.36. The molecule has 0 atom stereocenters. The van der Waals surface area contributed by atoms with Crippen molar-refractivity contribution >= 4 is 18.4 Å². The standard InChI is InChI=1S/C6H12O2S/c7-5-6(8)3-1-2-4-9/h7,9H,1-5H2. The Bertz CT molecular complexity index is 83.1. The Morgan fingerprint density at radius 3 is 2.56 bits per heavy atom. The second-order valence-corrected chi connectivity index (χ2v) is 2.32. The number of rotatable bonds is 5. The number of carbonyl (C=O) groups is 1. The van der Waals surface area contributed by atoms with Gasteiger partial charge in [-0.2, -0.15) is 12.6 Å². The summed E-state index contributed by atoms with van der Waals surface area (Å²) in [7, 11) is 0. The molecule has 0 aliphatic heterocycles. The quantitative estimate of drug-likeness (QED) is 0.443. The molecule has 0 heterocycles. The summed E-state index contributed by atoms with van der Waals surface area (Å²) in [4.78, 5) is 10.4. The predicted octanol–water partition coefficient (Wildman–Crippen LogP) is 0.648. The van der Waals surface area contributed by atoms with Crippen LogP contribution in [0.25, 0.3) is 0 Å². The van der Waals surface area contributed by atoms with Gasteiger partial charge in [0.05, 0.1) is 0 Å². The van der Waals surface area contributed by atoms with E-state index in [1.165, 1.54) is 0 Å². The Labute approximate surface area is 60.7 Å². The lowest BCUT2D eigenvalue weighted by molar-refractivity contribution is -0.121. The number of hydrogen-bond acceptors (Lipinski definition) is 3. The van der Waals surface area contributed by atoms with E-state index in [1.807, 2.05) is 0 Å². The van der Waals surface area contributed by atoms with E-state index in [0.717, 1.165) is 18.6 Å². The van der Waals surface area contributed by atoms with Crippen LogP contribution in [0.3, 0.4) is 0 Å². The van der Waals surface area contributed by atoms with Crippen molar-refractivity contribution in [1.29, 1.82) is 0 Å². The summed E-state index contributed by atoms with van der Waals surface area (Å²) in [6, 6.07) is 0. The van der Waals surface area contributed by atoms with Gasteiger partial charge in [-0.3, -0.25) is 4.79 Å². The zero-order chi connectivity index (χ0) is 7.11. The summed E-state index contributed by atoms with van der Waals surface area (Å²) < 4.78 is 0. The molecule has 0 radical (unpaired) electrons. The lowest BCUT2D eigenvalue weighted by atomic mass is 10.2. The fourth-order valence-electron chi connectivity index (χ4n) is 0.513. The third-order valence-electron chi connectivity index (χ3n) is 1.04. The van der Waals surface area contributed by atoms with Gasteiger partial charge >= 0.3 is 0 Å². The van der Waals surface area contributed by atoms with Crippen molar-refractivity contribution in [2.45, 2.75) is 19.3 Å². The van der Waals surface area contributed by atoms with Gasteiger partial charge in [0, 0.05) is 6.42 Å². The highest BCUT2D eigenvalue weighted by Crippen LogP contribution is 1.96. The molecule has 0 spiro atoms. The average molecular weight is 148 g/mol. The predicted molar refractivity (Wildman–Crippen MR) is 39.8 cm³/mol. The number of hydrogen-bond donors (Lipinski definition) is 2. The molecule has 2 nitrogen and oxygen atoms in total. The summed E-state index contributed by atoms with van der Waals surface area (Å²) in [6.45, 7) is -0.313. The number of aliphatic hydroxyl groups is 1. The molecule has 0 aromatic rings. The van der Waals surface area contributed by atoms with Crippen LogP contribution in [0.2, 0.25) is 0 Å². The number of unbranched alkanes of at least 4 members (excludes halogenated alkanes) is 1. The first-order chi connectivity index (χ1) is 4.31. The molecule has 0 aromatic carbocycles. The normalized spacial score (nSPS) is 9.56. The van der Waals surface area contributed by atoms with E-state index in [2.05, 4.69) is 12.6 Å². The highest BCUT2D eigenvalue weighted by molar-refractivity contribution is 7.80. The van der Waals surface area contributed by atoms with Gasteiger partial charge in [0.1, 0.15) is 6.61 Å². The molecule has 0 aromatic heterocycles. The fraction of sp³-hybridized carbons (Fsp3) is 0.833. The topological polar surface area (TPSA) is 37.3 Å². The van der Waals surface area contributed by atoms with Gasteiger partial charge in [0.15, 0.2) is 5.78 Å². The first kappa shape index (κ1) is 8.98. The Morgan fingerprint density at radius 2 is 2.11 bits per heavy atom. The van der Waals surface area contributed by atoms with E-state index in [-0.39, 0.29) is 12.4 Å². The Kier molecular flexibility index (Phi) is 6.09. The maximum absolute atomic E-state index is 10.4. The van der Waals surface area contributed by atoms with Crippen LogP contribution in [-0.2, 0) is 4.79 Å². The Hall–Kier alpha value is -0.0200. The van der Waals surface area contributed by atoms with Crippen LogP contribution in [0.4, 0.5) is 0 Å². The van der Waals surface area contributed by atoms with Gasteiger partial charge in [-0.1, -0.05) is 0 Å². The summed E-state index contributed by atoms with van der Waals surface area (Å²) in [6.07, 6.45) is 2.30. The highest BCUT2D eigenvalue weighted by Gasteiger charge is 1.96. The zero-order valence-corrected chi connectivity index (χ0v) is 6.23. The van der Waals surface area contributed by atoms with Gasteiger partial charge in [0.25, 0.3) is 0 Å². The molecule has 0 aliphatic rings. The van der Waals surface area contributed by atoms with Crippen LogP contribution in [-0.4, -0.2) is 23.2 Å². The first-order valence-corrected chi connectivity index (χ1v) is 3.68. The minimum absolute atomic E-state index is 0.0724. The minimum Gasteiger partial charge on any atom is -0.389 e. The van der Waals surface area contributed by atoms with E-state index in [9.17, 15) is 4.79 Å². The average Bonchev–Trinajstić information content (AvgIpc) is 1.89. The molecule has 0 unspecified atom stereocenters. The van der Waals surface area contributed by atoms with E-state index < -0.39 is 0 Å². The van der Waals surface area contributed by atoms with Crippen molar-refractivity contribution in [3.63, 3.8) is 0 Å². The minimum atomic E-state index is -0.313. The second-order valence-electron chi connectivity index (χ2n) is 1.88. The molecule has 0 saturated carbocycles. The first-order valence-electron chi connectivity index (χ1n) is 3.04. The van der Waals surface area contributed by atoms with Crippen molar-refractivity contribution in [2.75, 3.05) is 12.4 Å². The number of aliphatic hydroxyl groups excluding tert-OH is 1. The summed E-state index contributed by atoms with van der Waals surface area (Å²) >= 11 is 3.98. The fourth-order valence-corrected chi connectivity index (χ4v) is 0.737.